The smallest absolute Gasteiger partial charge is 0.309 e. The van der Waals surface area contributed by atoms with Crippen molar-refractivity contribution in [2.45, 2.75) is 190 Å². The summed E-state index contributed by atoms with van der Waals surface area (Å²) in [5, 5.41) is 24.9. The second kappa shape index (κ2) is 30.1. The molecule has 3 aliphatic rings. The van der Waals surface area contributed by atoms with Crippen molar-refractivity contribution in [2.24, 2.45) is 53.3 Å². The molecule has 0 spiro atoms. The molecular weight excluding hydrogens is 1260 g/mol. The first-order valence-electron chi connectivity index (χ1n) is 39.2. The lowest BCUT2D eigenvalue weighted by Gasteiger charge is -2.33. The number of hydrogen-bond acceptors (Lipinski definition) is 6. The molecule has 0 aliphatic heterocycles. The third-order valence-electron chi connectivity index (χ3n) is 25.4. The highest BCUT2D eigenvalue weighted by molar-refractivity contribution is 6.24. The van der Waals surface area contributed by atoms with Gasteiger partial charge in [0.1, 0.15) is 17.3 Å². The van der Waals surface area contributed by atoms with Gasteiger partial charge in [0.2, 0.25) is 0 Å². The van der Waals surface area contributed by atoms with E-state index in [0.717, 1.165) is 129 Å². The van der Waals surface area contributed by atoms with E-state index >= 15 is 0 Å². The van der Waals surface area contributed by atoms with Crippen molar-refractivity contribution in [3.63, 3.8) is 0 Å². The molecule has 530 valence electrons. The van der Waals surface area contributed by atoms with Gasteiger partial charge in [0.15, 0.2) is 0 Å². The highest BCUT2D eigenvalue weighted by Gasteiger charge is 2.37. The van der Waals surface area contributed by atoms with Gasteiger partial charge in [-0.1, -0.05) is 206 Å². The zero-order valence-electron chi connectivity index (χ0n) is 62.9. The van der Waals surface area contributed by atoms with Crippen LogP contribution in [0.25, 0.3) is 108 Å². The van der Waals surface area contributed by atoms with Crippen molar-refractivity contribution in [1.29, 1.82) is 0 Å². The highest BCUT2D eigenvalue weighted by Crippen LogP contribution is 2.44. The molecule has 0 heterocycles. The van der Waals surface area contributed by atoms with Gasteiger partial charge in [-0.3, -0.25) is 14.4 Å². The van der Waals surface area contributed by atoms with Crippen molar-refractivity contribution in [2.75, 3.05) is 0 Å². The Labute approximate surface area is 610 Å². The molecule has 4 atom stereocenters. The summed E-state index contributed by atoms with van der Waals surface area (Å²) in [5.41, 5.74) is 1.87. The molecule has 0 N–H and O–H groups in total. The molecule has 6 nitrogen and oxygen atoms in total. The summed E-state index contributed by atoms with van der Waals surface area (Å²) in [6.07, 6.45) is 16.1. The van der Waals surface area contributed by atoms with Crippen LogP contribution in [0, 0.1) is 53.3 Å². The number of carbonyl (C=O) groups excluding carboxylic acids is 3. The Balaban J connectivity index is 0.000000131. The van der Waals surface area contributed by atoms with E-state index in [-0.39, 0.29) is 41.8 Å². The van der Waals surface area contributed by atoms with Crippen molar-refractivity contribution in [3.05, 3.63) is 217 Å². The lowest BCUT2D eigenvalue weighted by atomic mass is 9.75. The minimum Gasteiger partial charge on any atom is -0.458 e. The van der Waals surface area contributed by atoms with Gasteiger partial charge in [-0.05, 0) is 321 Å². The molecule has 6 heteroatoms. The average molecular weight is 1370 g/mol. The molecule has 103 heavy (non-hydrogen) atoms. The van der Waals surface area contributed by atoms with Crippen molar-refractivity contribution >= 4 is 126 Å². The van der Waals surface area contributed by atoms with Gasteiger partial charge in [0.25, 0.3) is 0 Å². The van der Waals surface area contributed by atoms with E-state index in [1.807, 2.05) is 34.6 Å². The fourth-order valence-electron chi connectivity index (χ4n) is 18.0. The van der Waals surface area contributed by atoms with Gasteiger partial charge >= 0.3 is 17.9 Å². The summed E-state index contributed by atoms with van der Waals surface area (Å²) in [4.78, 5) is 39.3. The number of esters is 3. The molecule has 3 aliphatic carbocycles. The van der Waals surface area contributed by atoms with Crippen LogP contribution in [0.4, 0.5) is 0 Å². The summed E-state index contributed by atoms with van der Waals surface area (Å²) in [5.74, 6) is 4.58. The van der Waals surface area contributed by atoms with Crippen molar-refractivity contribution in [1.82, 2.24) is 0 Å². The van der Waals surface area contributed by atoms with Gasteiger partial charge in [-0.2, -0.15) is 0 Å². The number of hydrogen-bond donors (Lipinski definition) is 0. The van der Waals surface area contributed by atoms with Crippen molar-refractivity contribution in [3.8, 4) is 0 Å². The summed E-state index contributed by atoms with van der Waals surface area (Å²) in [6, 6.07) is 72.1. The molecular formula is C97H106O6. The molecule has 0 saturated heterocycles. The Morgan fingerprint density at radius 1 is 0.320 bits per heavy atom. The normalized spacial score (nSPS) is 20.2. The quantitative estimate of drug-likeness (QED) is 0.0440. The third kappa shape index (κ3) is 14.9. The summed E-state index contributed by atoms with van der Waals surface area (Å²) < 4.78 is 18.4. The van der Waals surface area contributed by atoms with Crippen LogP contribution in [0.1, 0.15) is 195 Å². The monoisotopic (exact) mass is 1370 g/mol. The molecule has 3 saturated carbocycles. The maximum atomic E-state index is 13.2. The van der Waals surface area contributed by atoms with E-state index < -0.39 is 11.2 Å². The Morgan fingerprint density at radius 2 is 0.660 bits per heavy atom. The van der Waals surface area contributed by atoms with E-state index in [2.05, 4.69) is 242 Å². The molecule has 4 unspecified atom stereocenters. The van der Waals surface area contributed by atoms with Crippen LogP contribution in [0.2, 0.25) is 0 Å². The zero-order chi connectivity index (χ0) is 71.8. The van der Waals surface area contributed by atoms with Crippen LogP contribution < -0.4 is 0 Å². The number of ether oxygens (including phenoxy) is 3. The zero-order valence-corrected chi connectivity index (χ0v) is 62.9. The predicted octanol–water partition coefficient (Wildman–Crippen LogP) is 26.7. The lowest BCUT2D eigenvalue weighted by molar-refractivity contribution is -0.165. The molecule has 3 fully saturated rings. The number of fused-ring (bicyclic) bond motifs is 9. The minimum atomic E-state index is -0.671. The van der Waals surface area contributed by atoms with Crippen LogP contribution in [0.3, 0.4) is 0 Å². The second-order valence-electron chi connectivity index (χ2n) is 32.5. The molecule has 0 bridgehead atoms. The van der Waals surface area contributed by atoms with Crippen LogP contribution in [0.15, 0.2) is 200 Å². The SMILES string of the molecule is CCC(C)C1CCC(C(=O)OC(C)(C)c2ccc3c(ccc4c5ccccc5ccc34)c2)CC1.CCC(C)C1CCC(C(=O)OC(C)(C)c2ccc3cc4cc5cc6ccccc6cc5cc4cc3c2)CC1.CCC(C)C1CCC(C(=O)OC(C)c2cc3cccc4ccc5cccc2c5c43)CC1. The fraction of sp³-hybridized carbons (Fsp3) is 0.392. The number of rotatable bonds is 15. The van der Waals surface area contributed by atoms with E-state index in [1.165, 1.54) is 127 Å². The fourth-order valence-corrected chi connectivity index (χ4v) is 18.0. The van der Waals surface area contributed by atoms with Crippen LogP contribution in [0.5, 0.6) is 0 Å². The summed E-state index contributed by atoms with van der Waals surface area (Å²) in [6.45, 7) is 24.0. The highest BCUT2D eigenvalue weighted by atomic mass is 16.6. The van der Waals surface area contributed by atoms with Gasteiger partial charge in [0, 0.05) is 5.56 Å². The standard InChI is InChI=1S/C36H38O2.C32H36O2.C29H32O2/c1-5-23(2)24-10-12-25(13-11-24)35(37)38-36(3,4)34-15-14-28-18-31-19-29-16-26-8-6-7-9-27(26)17-30(29)20-32(31)21-33(28)22-34;1-5-21(2)22-10-12-24(13-11-22)31(33)34-32(3,4)26-16-19-28-25(20-26)15-18-29-27-9-7-6-8-23(27)14-17-30(28)29;1-4-18(2)20-11-15-23(16-12-20)29(30)31-19(3)26-17-24-9-5-7-21-13-14-22-8-6-10-25(26)28(22)27(21)24/h6-9,14-25H,5,10-13H2,1-4H3;6-9,14-22,24H,5,10-13H2,1-4H3;5-10,13-14,17-20,23H,4,11-12,15-16H2,1-3H3. The average Bonchev–Trinajstić information content (AvgIpc) is 0.764. The Bertz CT molecular complexity index is 5240. The molecule has 13 aromatic rings. The maximum Gasteiger partial charge on any atom is 0.309 e. The predicted molar refractivity (Wildman–Crippen MR) is 433 cm³/mol. The molecule has 13 aromatic carbocycles. The maximum absolute atomic E-state index is 13.2. The van der Waals surface area contributed by atoms with Crippen molar-refractivity contribution < 1.29 is 28.6 Å². The molecule has 0 amide bonds. The Morgan fingerprint density at radius 3 is 1.17 bits per heavy atom. The van der Waals surface area contributed by atoms with E-state index in [9.17, 15) is 14.4 Å². The van der Waals surface area contributed by atoms with Gasteiger partial charge in [-0.15, -0.1) is 0 Å². The first-order valence-corrected chi connectivity index (χ1v) is 39.2. The van der Waals surface area contributed by atoms with E-state index in [0.29, 0.717) is 0 Å². The molecule has 0 radical (unpaired) electrons. The largest absolute Gasteiger partial charge is 0.458 e. The van der Waals surface area contributed by atoms with Gasteiger partial charge in [0.05, 0.1) is 17.8 Å². The Kier molecular flexibility index (Phi) is 20.8. The lowest BCUT2D eigenvalue weighted by Crippen LogP contribution is -2.32. The molecule has 16 rings (SSSR count). The summed E-state index contributed by atoms with van der Waals surface area (Å²) in [7, 11) is 0. The first-order chi connectivity index (χ1) is 49.7. The van der Waals surface area contributed by atoms with E-state index in [1.54, 1.807) is 0 Å². The van der Waals surface area contributed by atoms with Crippen LogP contribution in [-0.2, 0) is 39.8 Å². The summed E-state index contributed by atoms with van der Waals surface area (Å²) >= 11 is 0. The minimum absolute atomic E-state index is 0.0137. The van der Waals surface area contributed by atoms with Crippen LogP contribution >= 0.6 is 0 Å². The second-order valence-corrected chi connectivity index (χ2v) is 32.5. The van der Waals surface area contributed by atoms with Crippen LogP contribution in [-0.4, -0.2) is 17.9 Å². The Hall–Kier alpha value is -8.87. The van der Waals surface area contributed by atoms with Gasteiger partial charge in [-0.25, -0.2) is 0 Å². The number of carbonyl (C=O) groups is 3. The first kappa shape index (κ1) is 71.1. The van der Waals surface area contributed by atoms with Gasteiger partial charge < -0.3 is 14.2 Å². The van der Waals surface area contributed by atoms with E-state index in [4.69, 9.17) is 14.2 Å². The number of benzene rings is 13. The topological polar surface area (TPSA) is 78.9 Å². The molecule has 0 aromatic heterocycles. The third-order valence-corrected chi connectivity index (χ3v) is 25.4.